The van der Waals surface area contributed by atoms with E-state index in [1.165, 1.54) is 60.7 Å². The number of hydrogen-bond acceptors (Lipinski definition) is 2. The zero-order valence-electron chi connectivity index (χ0n) is 10.9. The highest BCUT2D eigenvalue weighted by Crippen LogP contribution is 2.09. The third kappa shape index (κ3) is 4.96. The fraction of sp³-hybridized carbons (Fsp3) is 0. The van der Waals surface area contributed by atoms with Crippen LogP contribution < -0.4 is 0 Å². The predicted molar refractivity (Wildman–Crippen MR) is 79.8 cm³/mol. The molecule has 0 amide bonds. The van der Waals surface area contributed by atoms with Gasteiger partial charge >= 0.3 is 0 Å². The molecule has 0 aliphatic rings. The molecule has 0 atom stereocenters. The van der Waals surface area contributed by atoms with E-state index in [-0.39, 0.29) is 11.6 Å². The number of halogens is 2. The van der Waals surface area contributed by atoms with Crippen molar-refractivity contribution in [3.05, 3.63) is 82.1 Å². The first-order valence-corrected chi connectivity index (χ1v) is 7.68. The van der Waals surface area contributed by atoms with Gasteiger partial charge in [0.05, 0.1) is 0 Å². The Kier molecular flexibility index (Phi) is 4.65. The van der Waals surface area contributed by atoms with E-state index in [0.29, 0.717) is 11.1 Å². The van der Waals surface area contributed by atoms with Gasteiger partial charge in [0.25, 0.3) is 0 Å². The van der Waals surface area contributed by atoms with Gasteiger partial charge < -0.3 is 0 Å². The van der Waals surface area contributed by atoms with Crippen molar-refractivity contribution in [2.75, 3.05) is 0 Å². The van der Waals surface area contributed by atoms with Gasteiger partial charge in [-0.05, 0) is 47.5 Å². The SMILES string of the molecule is O=S(=O)(C=Cc1ccc(F)cc1)C=Cc1ccc(F)cc1. The van der Waals surface area contributed by atoms with Crippen molar-refractivity contribution in [2.45, 2.75) is 0 Å². The van der Waals surface area contributed by atoms with Crippen LogP contribution in [0.2, 0.25) is 0 Å². The van der Waals surface area contributed by atoms with E-state index in [1.54, 1.807) is 0 Å². The summed E-state index contributed by atoms with van der Waals surface area (Å²) in [5.41, 5.74) is 1.16. The van der Waals surface area contributed by atoms with E-state index >= 15 is 0 Å². The van der Waals surface area contributed by atoms with Gasteiger partial charge in [-0.25, -0.2) is 17.2 Å². The molecule has 2 aromatic rings. The lowest BCUT2D eigenvalue weighted by atomic mass is 10.2. The minimum Gasteiger partial charge on any atom is -0.220 e. The van der Waals surface area contributed by atoms with Gasteiger partial charge in [0.15, 0.2) is 9.84 Å². The summed E-state index contributed by atoms with van der Waals surface area (Å²) in [5.74, 6) is -0.766. The van der Waals surface area contributed by atoms with E-state index in [1.807, 2.05) is 0 Å². The molecular weight excluding hydrogens is 294 g/mol. The Morgan fingerprint density at radius 2 is 1.00 bits per heavy atom. The summed E-state index contributed by atoms with van der Waals surface area (Å²) < 4.78 is 49.0. The molecule has 5 heteroatoms. The highest BCUT2D eigenvalue weighted by atomic mass is 32.2. The molecule has 0 saturated carbocycles. The van der Waals surface area contributed by atoms with Crippen LogP contribution in [0.15, 0.2) is 59.3 Å². The van der Waals surface area contributed by atoms with Crippen molar-refractivity contribution in [2.24, 2.45) is 0 Å². The molecule has 0 aliphatic heterocycles. The second-order valence-electron chi connectivity index (χ2n) is 4.30. The van der Waals surface area contributed by atoms with E-state index in [9.17, 15) is 17.2 Å². The fourth-order valence-electron chi connectivity index (χ4n) is 1.54. The monoisotopic (exact) mass is 306 g/mol. The number of sulfone groups is 1. The van der Waals surface area contributed by atoms with Crippen LogP contribution in [0.25, 0.3) is 12.2 Å². The molecule has 0 fully saturated rings. The van der Waals surface area contributed by atoms with Crippen LogP contribution in [0.4, 0.5) is 8.78 Å². The zero-order chi connectivity index (χ0) is 15.3. The van der Waals surface area contributed by atoms with Crippen LogP contribution in [-0.2, 0) is 9.84 Å². The van der Waals surface area contributed by atoms with Gasteiger partial charge in [-0.1, -0.05) is 24.3 Å². The minimum absolute atomic E-state index is 0.383. The highest BCUT2D eigenvalue weighted by Gasteiger charge is 2.00. The van der Waals surface area contributed by atoms with E-state index in [0.717, 1.165) is 10.8 Å². The largest absolute Gasteiger partial charge is 0.220 e. The first-order valence-electron chi connectivity index (χ1n) is 6.07. The van der Waals surface area contributed by atoms with Crippen molar-refractivity contribution >= 4 is 22.0 Å². The Hall–Kier alpha value is -2.27. The maximum absolute atomic E-state index is 12.7. The molecule has 2 rings (SSSR count). The molecule has 108 valence electrons. The standard InChI is InChI=1S/C16H12F2O2S/c17-15-5-1-13(2-6-15)9-11-21(19,20)12-10-14-3-7-16(18)8-4-14/h1-12H. The molecule has 2 aromatic carbocycles. The van der Waals surface area contributed by atoms with Gasteiger partial charge in [0, 0.05) is 10.8 Å². The molecule has 21 heavy (non-hydrogen) atoms. The fourth-order valence-corrected chi connectivity index (χ4v) is 2.32. The lowest BCUT2D eigenvalue weighted by molar-refractivity contribution is 0.613. The summed E-state index contributed by atoms with van der Waals surface area (Å²) in [6, 6.07) is 10.9. The average Bonchev–Trinajstić information content (AvgIpc) is 2.46. The zero-order valence-corrected chi connectivity index (χ0v) is 11.7. The smallest absolute Gasteiger partial charge is 0.193 e. The van der Waals surface area contributed by atoms with Crippen LogP contribution in [0, 0.1) is 11.6 Å². The second kappa shape index (κ2) is 6.45. The number of rotatable bonds is 4. The molecule has 0 aromatic heterocycles. The highest BCUT2D eigenvalue weighted by molar-refractivity contribution is 7.97. The van der Waals surface area contributed by atoms with Crippen molar-refractivity contribution in [1.29, 1.82) is 0 Å². The summed E-state index contributed by atoms with van der Waals surface area (Å²) in [4.78, 5) is 0. The second-order valence-corrected chi connectivity index (χ2v) is 6.02. The van der Waals surface area contributed by atoms with E-state index < -0.39 is 9.84 Å². The van der Waals surface area contributed by atoms with Crippen LogP contribution in [0.5, 0.6) is 0 Å². The Morgan fingerprint density at radius 3 is 1.33 bits per heavy atom. The first-order chi connectivity index (χ1) is 9.94. The minimum atomic E-state index is -3.55. The van der Waals surface area contributed by atoms with Crippen LogP contribution >= 0.6 is 0 Å². The quantitative estimate of drug-likeness (QED) is 0.855. The lowest BCUT2D eigenvalue weighted by Crippen LogP contribution is -1.88. The Labute approximate surface area is 122 Å². The average molecular weight is 306 g/mol. The van der Waals surface area contributed by atoms with Gasteiger partial charge in [0.2, 0.25) is 0 Å². The van der Waals surface area contributed by atoms with Crippen LogP contribution in [0.3, 0.4) is 0 Å². The lowest BCUT2D eigenvalue weighted by Gasteiger charge is -1.94. The molecule has 0 radical (unpaired) electrons. The van der Waals surface area contributed by atoms with Gasteiger partial charge in [-0.2, -0.15) is 0 Å². The molecule has 0 heterocycles. The van der Waals surface area contributed by atoms with E-state index in [2.05, 4.69) is 0 Å². The molecule has 0 N–H and O–H groups in total. The maximum Gasteiger partial charge on any atom is 0.193 e. The summed E-state index contributed by atoms with van der Waals surface area (Å²) in [7, 11) is -3.55. The normalized spacial score (nSPS) is 12.3. The van der Waals surface area contributed by atoms with Gasteiger partial charge in [-0.3, -0.25) is 0 Å². The molecule has 0 saturated heterocycles. The van der Waals surface area contributed by atoms with Crippen molar-refractivity contribution in [3.63, 3.8) is 0 Å². The van der Waals surface area contributed by atoms with E-state index in [4.69, 9.17) is 0 Å². The molecular formula is C16H12F2O2S. The predicted octanol–water partition coefficient (Wildman–Crippen LogP) is 4.02. The molecule has 2 nitrogen and oxygen atoms in total. The summed E-state index contributed by atoms with van der Waals surface area (Å²) in [5, 5.41) is 2.06. The van der Waals surface area contributed by atoms with Crippen molar-refractivity contribution in [1.82, 2.24) is 0 Å². The van der Waals surface area contributed by atoms with Crippen molar-refractivity contribution in [3.8, 4) is 0 Å². The Morgan fingerprint density at radius 1 is 0.667 bits per heavy atom. The first kappa shape index (κ1) is 15.1. The molecule has 0 spiro atoms. The van der Waals surface area contributed by atoms with Gasteiger partial charge in [-0.15, -0.1) is 0 Å². The Bertz CT molecular complexity index is 697. The van der Waals surface area contributed by atoms with Gasteiger partial charge in [0.1, 0.15) is 11.6 Å². The summed E-state index contributed by atoms with van der Waals surface area (Å²) in [6.45, 7) is 0. The third-order valence-corrected chi connectivity index (χ3v) is 3.67. The Balaban J connectivity index is 2.11. The van der Waals surface area contributed by atoms with Crippen molar-refractivity contribution < 1.29 is 17.2 Å². The maximum atomic E-state index is 12.7. The summed E-state index contributed by atoms with van der Waals surface area (Å²) in [6.07, 6.45) is 2.76. The third-order valence-electron chi connectivity index (χ3n) is 2.64. The number of hydrogen-bond donors (Lipinski definition) is 0. The number of benzene rings is 2. The molecule has 0 aliphatic carbocycles. The topological polar surface area (TPSA) is 34.1 Å². The molecule has 0 unspecified atom stereocenters. The van der Waals surface area contributed by atoms with Crippen LogP contribution in [0.1, 0.15) is 11.1 Å². The van der Waals surface area contributed by atoms with Crippen LogP contribution in [-0.4, -0.2) is 8.42 Å². The molecule has 0 bridgehead atoms. The summed E-state index contributed by atoms with van der Waals surface area (Å²) >= 11 is 0.